The molecule has 25 heavy (non-hydrogen) atoms. The number of aromatic nitrogens is 5. The zero-order valence-corrected chi connectivity index (χ0v) is 14.3. The molecule has 7 nitrogen and oxygen atoms in total. The first-order chi connectivity index (χ1) is 12.1. The van der Waals surface area contributed by atoms with Gasteiger partial charge in [-0.15, -0.1) is 0 Å². The molecule has 0 bridgehead atoms. The minimum atomic E-state index is -0.0996. The first kappa shape index (κ1) is 15.6. The summed E-state index contributed by atoms with van der Waals surface area (Å²) in [5, 5.41) is 7.50. The van der Waals surface area contributed by atoms with Crippen LogP contribution < -0.4 is 5.32 Å². The Labute approximate surface area is 145 Å². The summed E-state index contributed by atoms with van der Waals surface area (Å²) >= 11 is 0. The highest BCUT2D eigenvalue weighted by Crippen LogP contribution is 2.14. The highest BCUT2D eigenvalue weighted by atomic mass is 16.1. The Kier molecular flexibility index (Phi) is 3.83. The summed E-state index contributed by atoms with van der Waals surface area (Å²) < 4.78 is 3.91. The second-order valence-corrected chi connectivity index (χ2v) is 6.44. The molecule has 1 N–H and O–H groups in total. The van der Waals surface area contributed by atoms with Gasteiger partial charge in [0.2, 0.25) is 0 Å². The van der Waals surface area contributed by atoms with Crippen molar-refractivity contribution in [1.29, 1.82) is 0 Å². The van der Waals surface area contributed by atoms with Gasteiger partial charge < -0.3 is 9.88 Å². The maximum atomic E-state index is 12.5. The Morgan fingerprint density at radius 2 is 2.16 bits per heavy atom. The number of nitrogens with zero attached hydrogens (tertiary/aromatic N) is 5. The second-order valence-electron chi connectivity index (χ2n) is 6.44. The smallest absolute Gasteiger partial charge is 0.253 e. The van der Waals surface area contributed by atoms with Crippen LogP contribution >= 0.6 is 0 Å². The van der Waals surface area contributed by atoms with Crippen LogP contribution in [0.25, 0.3) is 5.82 Å². The van der Waals surface area contributed by atoms with Gasteiger partial charge in [-0.2, -0.15) is 5.10 Å². The van der Waals surface area contributed by atoms with E-state index in [0.29, 0.717) is 11.4 Å². The highest BCUT2D eigenvalue weighted by molar-refractivity contribution is 5.94. The fourth-order valence-corrected chi connectivity index (χ4v) is 3.25. The summed E-state index contributed by atoms with van der Waals surface area (Å²) in [4.78, 5) is 21.2. The molecule has 0 spiro atoms. The van der Waals surface area contributed by atoms with Crippen LogP contribution in [0.2, 0.25) is 0 Å². The maximum absolute atomic E-state index is 12.5. The quantitative estimate of drug-likeness (QED) is 0.791. The summed E-state index contributed by atoms with van der Waals surface area (Å²) in [5.41, 5.74) is 2.51. The topological polar surface area (TPSA) is 77.6 Å². The molecule has 128 valence electrons. The first-order valence-electron chi connectivity index (χ1n) is 8.41. The third kappa shape index (κ3) is 3.05. The van der Waals surface area contributed by atoms with Gasteiger partial charge in [-0.1, -0.05) is 0 Å². The van der Waals surface area contributed by atoms with Gasteiger partial charge in [-0.05, 0) is 38.5 Å². The van der Waals surface area contributed by atoms with E-state index in [9.17, 15) is 4.79 Å². The van der Waals surface area contributed by atoms with E-state index in [1.54, 1.807) is 23.1 Å². The largest absolute Gasteiger partial charge is 0.349 e. The van der Waals surface area contributed by atoms with Crippen LogP contribution in [-0.2, 0) is 13.0 Å². The molecular formula is C18H20N6O. The monoisotopic (exact) mass is 336 g/mol. The SMILES string of the molecule is Cc1cc(C)n(-c2ccc(C(=O)NC3CCn4ccnc4C3)cn2)n1. The number of hydrogen-bond acceptors (Lipinski definition) is 4. The third-order valence-corrected chi connectivity index (χ3v) is 4.52. The van der Waals surface area contributed by atoms with Crippen molar-refractivity contribution in [3.05, 3.63) is 59.6 Å². The zero-order chi connectivity index (χ0) is 17.4. The van der Waals surface area contributed by atoms with E-state index < -0.39 is 0 Å². The molecule has 0 saturated heterocycles. The van der Waals surface area contributed by atoms with E-state index in [2.05, 4.69) is 25.0 Å². The number of pyridine rings is 1. The van der Waals surface area contributed by atoms with Crippen molar-refractivity contribution in [1.82, 2.24) is 29.6 Å². The van der Waals surface area contributed by atoms with Crippen molar-refractivity contribution < 1.29 is 4.79 Å². The van der Waals surface area contributed by atoms with Crippen LogP contribution in [0, 0.1) is 13.8 Å². The molecule has 4 rings (SSSR count). The number of hydrogen-bond donors (Lipinski definition) is 1. The lowest BCUT2D eigenvalue weighted by atomic mass is 10.1. The van der Waals surface area contributed by atoms with Gasteiger partial charge in [0.1, 0.15) is 5.82 Å². The molecule has 4 heterocycles. The lowest BCUT2D eigenvalue weighted by Gasteiger charge is -2.24. The van der Waals surface area contributed by atoms with Crippen LogP contribution in [-0.4, -0.2) is 36.3 Å². The third-order valence-electron chi connectivity index (χ3n) is 4.52. The number of fused-ring (bicyclic) bond motifs is 1. The predicted octanol–water partition coefficient (Wildman–Crippen LogP) is 1.83. The van der Waals surface area contributed by atoms with E-state index in [1.165, 1.54) is 0 Å². The maximum Gasteiger partial charge on any atom is 0.253 e. The van der Waals surface area contributed by atoms with Crippen molar-refractivity contribution in [3.8, 4) is 5.82 Å². The Hall–Kier alpha value is -2.96. The van der Waals surface area contributed by atoms with Crippen molar-refractivity contribution in [2.45, 2.75) is 39.3 Å². The summed E-state index contributed by atoms with van der Waals surface area (Å²) in [7, 11) is 0. The normalized spacial score (nSPS) is 16.5. The van der Waals surface area contributed by atoms with Crippen LogP contribution in [0.15, 0.2) is 36.8 Å². The van der Waals surface area contributed by atoms with Crippen molar-refractivity contribution in [3.63, 3.8) is 0 Å². The van der Waals surface area contributed by atoms with E-state index in [0.717, 1.165) is 36.6 Å². The Morgan fingerprint density at radius 1 is 1.28 bits per heavy atom. The molecule has 0 aliphatic carbocycles. The van der Waals surface area contributed by atoms with Gasteiger partial charge in [0.05, 0.1) is 11.3 Å². The van der Waals surface area contributed by atoms with Crippen LogP contribution in [0.1, 0.15) is 34.0 Å². The minimum Gasteiger partial charge on any atom is -0.349 e. The van der Waals surface area contributed by atoms with Crippen LogP contribution in [0.3, 0.4) is 0 Å². The molecule has 1 unspecified atom stereocenters. The van der Waals surface area contributed by atoms with Gasteiger partial charge in [-0.25, -0.2) is 14.6 Å². The number of aryl methyl sites for hydroxylation is 3. The highest BCUT2D eigenvalue weighted by Gasteiger charge is 2.21. The molecule has 0 fully saturated rings. The van der Waals surface area contributed by atoms with E-state index in [4.69, 9.17) is 0 Å². The van der Waals surface area contributed by atoms with Gasteiger partial charge in [0.15, 0.2) is 5.82 Å². The van der Waals surface area contributed by atoms with Crippen molar-refractivity contribution in [2.24, 2.45) is 0 Å². The molecule has 1 atom stereocenters. The molecule has 1 aliphatic heterocycles. The molecule has 1 amide bonds. The number of carbonyl (C=O) groups is 1. The average molecular weight is 336 g/mol. The number of amides is 1. The number of carbonyl (C=O) groups excluding carboxylic acids is 1. The van der Waals surface area contributed by atoms with Gasteiger partial charge >= 0.3 is 0 Å². The van der Waals surface area contributed by atoms with Gasteiger partial charge in [-0.3, -0.25) is 4.79 Å². The number of imidazole rings is 1. The molecule has 0 aromatic carbocycles. The first-order valence-corrected chi connectivity index (χ1v) is 8.41. The summed E-state index contributed by atoms with van der Waals surface area (Å²) in [5.74, 6) is 1.63. The summed E-state index contributed by atoms with van der Waals surface area (Å²) in [6.45, 7) is 4.81. The average Bonchev–Trinajstić information content (AvgIpc) is 3.20. The summed E-state index contributed by atoms with van der Waals surface area (Å²) in [6, 6.07) is 5.72. The van der Waals surface area contributed by atoms with Crippen molar-refractivity contribution >= 4 is 5.91 Å². The minimum absolute atomic E-state index is 0.0996. The Balaban J connectivity index is 1.45. The molecule has 3 aromatic rings. The van der Waals surface area contributed by atoms with E-state index >= 15 is 0 Å². The second kappa shape index (κ2) is 6.16. The van der Waals surface area contributed by atoms with Gasteiger partial charge in [0.25, 0.3) is 5.91 Å². The number of nitrogens with one attached hydrogen (secondary N) is 1. The van der Waals surface area contributed by atoms with E-state index in [-0.39, 0.29) is 11.9 Å². The fraction of sp³-hybridized carbons (Fsp3) is 0.333. The van der Waals surface area contributed by atoms with Gasteiger partial charge in [0, 0.05) is 43.3 Å². The molecule has 1 aliphatic rings. The van der Waals surface area contributed by atoms with Crippen LogP contribution in [0.4, 0.5) is 0 Å². The lowest BCUT2D eigenvalue weighted by molar-refractivity contribution is 0.0930. The lowest BCUT2D eigenvalue weighted by Crippen LogP contribution is -2.40. The zero-order valence-electron chi connectivity index (χ0n) is 14.3. The predicted molar refractivity (Wildman–Crippen MR) is 92.6 cm³/mol. The Morgan fingerprint density at radius 3 is 2.88 bits per heavy atom. The van der Waals surface area contributed by atoms with Crippen molar-refractivity contribution in [2.75, 3.05) is 0 Å². The van der Waals surface area contributed by atoms with Crippen LogP contribution in [0.5, 0.6) is 0 Å². The standard InChI is InChI=1S/C18H20N6O/c1-12-9-13(2)24(22-12)16-4-3-14(11-20-16)18(25)21-15-5-7-23-8-6-19-17(23)10-15/h3-4,6,8-9,11,15H,5,7,10H2,1-2H3,(H,21,25). The fourth-order valence-electron chi connectivity index (χ4n) is 3.25. The molecule has 7 heteroatoms. The molecule has 0 radical (unpaired) electrons. The molecule has 3 aromatic heterocycles. The summed E-state index contributed by atoms with van der Waals surface area (Å²) in [6.07, 6.45) is 7.06. The molecular weight excluding hydrogens is 316 g/mol. The molecule has 0 saturated carbocycles. The van der Waals surface area contributed by atoms with E-state index in [1.807, 2.05) is 32.2 Å². The Bertz CT molecular complexity index is 908. The number of rotatable bonds is 3.